The van der Waals surface area contributed by atoms with E-state index in [1.54, 1.807) is 19.9 Å². The Balaban J connectivity index is 2.05. The van der Waals surface area contributed by atoms with Crippen molar-refractivity contribution in [3.63, 3.8) is 0 Å². The maximum atomic E-state index is 12.7. The Morgan fingerprint density at radius 1 is 0.651 bits per heavy atom. The van der Waals surface area contributed by atoms with Gasteiger partial charge in [-0.2, -0.15) is 0 Å². The Hall–Kier alpha value is -3.96. The van der Waals surface area contributed by atoms with Crippen LogP contribution in [0, 0.1) is 0 Å². The Morgan fingerprint density at radius 3 is 1.81 bits per heavy atom. The van der Waals surface area contributed by atoms with E-state index in [9.17, 15) is 14.7 Å². The zero-order valence-electron chi connectivity index (χ0n) is 26.3. The molecule has 3 aromatic carbocycles. The maximum Gasteiger partial charge on any atom is 0.338 e. The molecular formula is C38H46O5. The summed E-state index contributed by atoms with van der Waals surface area (Å²) in [7, 11) is 0. The molecule has 228 valence electrons. The summed E-state index contributed by atoms with van der Waals surface area (Å²) >= 11 is 0. The fraction of sp³-hybridized carbons (Fsp3) is 0.368. The van der Waals surface area contributed by atoms with E-state index in [0.717, 1.165) is 47.9 Å². The molecule has 0 bridgehead atoms. The number of carbonyl (C=O) groups excluding carboxylic acids is 2. The van der Waals surface area contributed by atoms with Gasteiger partial charge in [0, 0.05) is 23.3 Å². The molecule has 0 saturated heterocycles. The highest BCUT2D eigenvalue weighted by Crippen LogP contribution is 2.40. The maximum absolute atomic E-state index is 12.7. The number of hydrogen-bond donors (Lipinski definition) is 1. The molecule has 3 rings (SSSR count). The van der Waals surface area contributed by atoms with Crippen LogP contribution in [0.3, 0.4) is 0 Å². The van der Waals surface area contributed by atoms with Crippen molar-refractivity contribution in [3.05, 3.63) is 107 Å². The first-order chi connectivity index (χ1) is 20.7. The van der Waals surface area contributed by atoms with Gasteiger partial charge in [0.1, 0.15) is 11.5 Å². The monoisotopic (exact) mass is 582 g/mol. The lowest BCUT2D eigenvalue weighted by Gasteiger charge is -2.19. The van der Waals surface area contributed by atoms with Gasteiger partial charge in [-0.05, 0) is 104 Å². The Labute approximate surface area is 257 Å². The lowest BCUT2D eigenvalue weighted by molar-refractivity contribution is -0.131. The molecule has 0 radical (unpaired) electrons. The Morgan fingerprint density at radius 2 is 1.23 bits per heavy atom. The van der Waals surface area contributed by atoms with Crippen molar-refractivity contribution < 1.29 is 24.2 Å². The summed E-state index contributed by atoms with van der Waals surface area (Å²) in [5.74, 6) is -0.219. The molecule has 5 heteroatoms. The van der Waals surface area contributed by atoms with Crippen LogP contribution in [-0.2, 0) is 41.7 Å². The minimum Gasteiger partial charge on any atom is -0.423 e. The van der Waals surface area contributed by atoms with E-state index in [1.807, 2.05) is 18.2 Å². The van der Waals surface area contributed by atoms with Gasteiger partial charge in [-0.1, -0.05) is 82.3 Å². The van der Waals surface area contributed by atoms with Gasteiger partial charge in [-0.3, -0.25) is 0 Å². The van der Waals surface area contributed by atoms with E-state index in [-0.39, 0.29) is 6.61 Å². The molecule has 0 aromatic heterocycles. The molecule has 43 heavy (non-hydrogen) atoms. The second-order valence-corrected chi connectivity index (χ2v) is 11.2. The third kappa shape index (κ3) is 9.79. The van der Waals surface area contributed by atoms with Gasteiger partial charge in [-0.15, -0.1) is 0 Å². The van der Waals surface area contributed by atoms with Gasteiger partial charge in [0.2, 0.25) is 0 Å². The fourth-order valence-electron chi connectivity index (χ4n) is 4.93. The number of aliphatic hydroxyl groups is 1. The van der Waals surface area contributed by atoms with Gasteiger partial charge >= 0.3 is 11.9 Å². The average Bonchev–Trinajstić information content (AvgIpc) is 3.00. The molecule has 0 heterocycles. The van der Waals surface area contributed by atoms with Crippen LogP contribution in [0.25, 0.3) is 11.1 Å². The molecule has 0 aliphatic carbocycles. The van der Waals surface area contributed by atoms with Gasteiger partial charge in [0.15, 0.2) is 0 Å². The van der Waals surface area contributed by atoms with Gasteiger partial charge < -0.3 is 14.6 Å². The van der Waals surface area contributed by atoms with Crippen LogP contribution >= 0.6 is 0 Å². The third-order valence-corrected chi connectivity index (χ3v) is 7.50. The summed E-state index contributed by atoms with van der Waals surface area (Å²) in [6.07, 6.45) is 8.19. The molecule has 1 N–H and O–H groups in total. The third-order valence-electron chi connectivity index (χ3n) is 7.50. The molecule has 0 aliphatic heterocycles. The predicted molar refractivity (Wildman–Crippen MR) is 175 cm³/mol. The minimum absolute atomic E-state index is 0.131. The molecule has 0 aliphatic rings. The van der Waals surface area contributed by atoms with Crippen molar-refractivity contribution in [3.8, 4) is 22.6 Å². The molecule has 0 saturated carbocycles. The van der Waals surface area contributed by atoms with E-state index in [2.05, 4.69) is 57.3 Å². The molecule has 0 spiro atoms. The lowest BCUT2D eigenvalue weighted by atomic mass is 9.92. The van der Waals surface area contributed by atoms with Crippen LogP contribution in [0.1, 0.15) is 81.2 Å². The smallest absolute Gasteiger partial charge is 0.338 e. The van der Waals surface area contributed by atoms with Crippen molar-refractivity contribution in [2.45, 2.75) is 85.5 Å². The first-order valence-electron chi connectivity index (χ1n) is 15.4. The normalized spacial score (nSPS) is 10.8. The van der Waals surface area contributed by atoms with Gasteiger partial charge in [-0.25, -0.2) is 9.59 Å². The quantitative estimate of drug-likeness (QED) is 0.0796. The Bertz CT molecular complexity index is 1430. The summed E-state index contributed by atoms with van der Waals surface area (Å²) in [4.78, 5) is 25.5. The molecule has 0 amide bonds. The zero-order chi connectivity index (χ0) is 31.4. The van der Waals surface area contributed by atoms with E-state index < -0.39 is 11.9 Å². The molecule has 0 fully saturated rings. The number of esters is 2. The van der Waals surface area contributed by atoms with Crippen LogP contribution in [0.15, 0.2) is 78.9 Å². The van der Waals surface area contributed by atoms with Crippen LogP contribution in [0.5, 0.6) is 11.5 Å². The summed E-state index contributed by atoms with van der Waals surface area (Å²) in [6, 6.07) is 18.4. The van der Waals surface area contributed by atoms with Crippen molar-refractivity contribution in [1.29, 1.82) is 0 Å². The fourth-order valence-corrected chi connectivity index (χ4v) is 4.93. The number of ether oxygens (including phenoxy) is 2. The summed E-state index contributed by atoms with van der Waals surface area (Å²) in [6.45, 7) is 15.2. The molecule has 0 atom stereocenters. The Kier molecular flexibility index (Phi) is 13.0. The molecule has 0 unspecified atom stereocenters. The van der Waals surface area contributed by atoms with E-state index in [0.29, 0.717) is 41.1 Å². The number of benzene rings is 3. The highest BCUT2D eigenvalue weighted by Gasteiger charge is 2.21. The van der Waals surface area contributed by atoms with E-state index in [1.165, 1.54) is 30.4 Å². The minimum atomic E-state index is -0.518. The van der Waals surface area contributed by atoms with Crippen LogP contribution < -0.4 is 9.47 Å². The summed E-state index contributed by atoms with van der Waals surface area (Å²) in [5.41, 5.74) is 7.58. The SMILES string of the molecule is C=C(C)C(=O)Oc1cc(-c2ccc(CCCO)cc2CC)c(OC(=O)C(=C)C)cc1CCc1ccc(CCCCC)cc1. The van der Waals surface area contributed by atoms with Gasteiger partial charge in [0.05, 0.1) is 0 Å². The number of aliphatic hydroxyl groups excluding tert-OH is 1. The van der Waals surface area contributed by atoms with E-state index >= 15 is 0 Å². The summed E-state index contributed by atoms with van der Waals surface area (Å²) < 4.78 is 11.8. The van der Waals surface area contributed by atoms with Crippen molar-refractivity contribution in [1.82, 2.24) is 0 Å². The number of unbranched alkanes of at least 4 members (excludes halogenated alkanes) is 2. The predicted octanol–water partition coefficient (Wildman–Crippen LogP) is 8.32. The molecule has 5 nitrogen and oxygen atoms in total. The van der Waals surface area contributed by atoms with Gasteiger partial charge in [0.25, 0.3) is 0 Å². The number of aryl methyl sites for hydroxylation is 5. The van der Waals surface area contributed by atoms with Crippen molar-refractivity contribution in [2.75, 3.05) is 6.61 Å². The largest absolute Gasteiger partial charge is 0.423 e. The first kappa shape index (κ1) is 33.5. The highest BCUT2D eigenvalue weighted by molar-refractivity contribution is 5.92. The topological polar surface area (TPSA) is 72.8 Å². The first-order valence-corrected chi connectivity index (χ1v) is 15.4. The van der Waals surface area contributed by atoms with Crippen LogP contribution in [0.2, 0.25) is 0 Å². The van der Waals surface area contributed by atoms with Crippen molar-refractivity contribution >= 4 is 11.9 Å². The average molecular weight is 583 g/mol. The second-order valence-electron chi connectivity index (χ2n) is 11.2. The van der Waals surface area contributed by atoms with Crippen molar-refractivity contribution in [2.24, 2.45) is 0 Å². The standard InChI is InChI=1S/C38H46O5/c1-7-9-10-12-28-14-16-29(17-15-28)18-20-32-24-36(43-38(41)27(5)6)34(25-35(32)42-37(40)26(3)4)33-21-19-30(13-11-22-39)23-31(33)8-2/h14-17,19,21,23-25,39H,3,5,7-13,18,20,22H2,1-2,4,6H3. The molecule has 3 aromatic rings. The van der Waals surface area contributed by atoms with E-state index in [4.69, 9.17) is 9.47 Å². The number of rotatable bonds is 16. The number of hydrogen-bond acceptors (Lipinski definition) is 5. The molecular weight excluding hydrogens is 536 g/mol. The lowest BCUT2D eigenvalue weighted by Crippen LogP contribution is -2.13. The highest BCUT2D eigenvalue weighted by atomic mass is 16.5. The van der Waals surface area contributed by atoms with Crippen LogP contribution in [-0.4, -0.2) is 23.7 Å². The second kappa shape index (κ2) is 16.6. The zero-order valence-corrected chi connectivity index (χ0v) is 26.3. The van der Waals surface area contributed by atoms with Crippen LogP contribution in [0.4, 0.5) is 0 Å². The summed E-state index contributed by atoms with van der Waals surface area (Å²) in [5, 5.41) is 9.28. The number of carbonyl (C=O) groups is 2.